The number of hydrazine groups is 1. The largest absolute Gasteiger partial charge is 0.480 e. The van der Waals surface area contributed by atoms with Crippen LogP contribution in [-0.4, -0.2) is 41.0 Å². The van der Waals surface area contributed by atoms with Crippen LogP contribution in [0.3, 0.4) is 0 Å². The number of carbonyl (C=O) groups is 2. The van der Waals surface area contributed by atoms with E-state index in [9.17, 15) is 14.7 Å². The molecule has 7 nitrogen and oxygen atoms in total. The number of fused-ring (bicyclic) bond motifs is 1. The van der Waals surface area contributed by atoms with Crippen LogP contribution in [0.25, 0.3) is 17.3 Å². The van der Waals surface area contributed by atoms with Crippen LogP contribution in [0.1, 0.15) is 35.4 Å². The van der Waals surface area contributed by atoms with E-state index in [0.717, 1.165) is 63.5 Å². The number of aliphatic carboxylic acids is 1. The highest BCUT2D eigenvalue weighted by atomic mass is 16.4. The monoisotopic (exact) mass is 506 g/mol. The first-order chi connectivity index (χ1) is 18.6. The predicted molar refractivity (Wildman–Crippen MR) is 148 cm³/mol. The number of anilines is 1. The smallest absolute Gasteiger partial charge is 0.320 e. The van der Waals surface area contributed by atoms with Crippen molar-refractivity contribution in [2.24, 2.45) is 0 Å². The van der Waals surface area contributed by atoms with Gasteiger partial charge in [-0.05, 0) is 53.4 Å². The summed E-state index contributed by atoms with van der Waals surface area (Å²) in [6.07, 6.45) is 5.74. The third-order valence-electron chi connectivity index (χ3n) is 7.67. The Kier molecular flexibility index (Phi) is 6.43. The molecular formula is C31H30N4O3. The molecule has 0 aliphatic carbocycles. The molecule has 4 N–H and O–H groups in total. The molecule has 0 bridgehead atoms. The number of hydrogen-bond acceptors (Lipinski definition) is 5. The first-order valence-corrected chi connectivity index (χ1v) is 13.0. The third-order valence-corrected chi connectivity index (χ3v) is 7.67. The van der Waals surface area contributed by atoms with Gasteiger partial charge in [0.25, 0.3) is 0 Å². The third kappa shape index (κ3) is 4.68. The van der Waals surface area contributed by atoms with Crippen molar-refractivity contribution in [2.45, 2.75) is 31.3 Å². The molecule has 192 valence electrons. The fourth-order valence-corrected chi connectivity index (χ4v) is 5.68. The number of carbonyl (C=O) groups excluding carboxylic acids is 1. The van der Waals surface area contributed by atoms with Crippen LogP contribution in [0.5, 0.6) is 0 Å². The van der Waals surface area contributed by atoms with Gasteiger partial charge >= 0.3 is 5.97 Å². The van der Waals surface area contributed by atoms with Crippen LogP contribution >= 0.6 is 0 Å². The zero-order valence-electron chi connectivity index (χ0n) is 21.0. The molecule has 0 radical (unpaired) electrons. The second-order valence-corrected chi connectivity index (χ2v) is 10.1. The molecule has 3 aromatic carbocycles. The maximum Gasteiger partial charge on any atom is 0.320 e. The van der Waals surface area contributed by atoms with E-state index in [0.29, 0.717) is 13.1 Å². The fourth-order valence-electron chi connectivity index (χ4n) is 5.68. The van der Waals surface area contributed by atoms with Crippen molar-refractivity contribution < 1.29 is 14.7 Å². The SMILES string of the molecule is O=C1NCC(c2ccccc2)/C1=c1/ccc2c(c1)NNC=2/C=C/c1ccc(CN2CCC[C@H]2C(=O)O)cc1. The summed E-state index contributed by atoms with van der Waals surface area (Å²) in [7, 11) is 0. The fraction of sp³-hybridized carbons (Fsp3) is 0.226. The lowest BCUT2D eigenvalue weighted by molar-refractivity contribution is -0.142. The Balaban J connectivity index is 1.22. The van der Waals surface area contributed by atoms with Crippen LogP contribution in [-0.2, 0) is 16.1 Å². The van der Waals surface area contributed by atoms with Gasteiger partial charge in [0.05, 0.1) is 11.4 Å². The van der Waals surface area contributed by atoms with Crippen LogP contribution in [0.4, 0.5) is 5.69 Å². The van der Waals surface area contributed by atoms with Crippen molar-refractivity contribution >= 4 is 34.9 Å². The molecule has 3 aromatic rings. The maximum absolute atomic E-state index is 12.7. The first-order valence-electron chi connectivity index (χ1n) is 13.0. The number of nitrogens with one attached hydrogen (secondary N) is 3. The van der Waals surface area contributed by atoms with Gasteiger partial charge in [0.1, 0.15) is 6.04 Å². The molecule has 38 heavy (non-hydrogen) atoms. The normalized spacial score (nSPS) is 22.3. The molecule has 6 rings (SSSR count). The van der Waals surface area contributed by atoms with E-state index in [4.69, 9.17) is 0 Å². The number of nitrogens with zero attached hydrogens (tertiary/aromatic N) is 1. The van der Waals surface area contributed by atoms with E-state index in [1.54, 1.807) is 0 Å². The van der Waals surface area contributed by atoms with Gasteiger partial charge in [-0.3, -0.25) is 14.5 Å². The second kappa shape index (κ2) is 10.2. The maximum atomic E-state index is 12.7. The van der Waals surface area contributed by atoms with Crippen molar-refractivity contribution in [2.75, 3.05) is 18.5 Å². The zero-order valence-corrected chi connectivity index (χ0v) is 21.0. The molecule has 0 spiro atoms. The number of amides is 1. The Labute approximate surface area is 221 Å². The van der Waals surface area contributed by atoms with Crippen molar-refractivity contribution in [3.63, 3.8) is 0 Å². The van der Waals surface area contributed by atoms with Gasteiger partial charge in [-0.2, -0.15) is 0 Å². The van der Waals surface area contributed by atoms with E-state index >= 15 is 0 Å². The van der Waals surface area contributed by atoms with Crippen molar-refractivity contribution in [3.05, 3.63) is 106 Å². The van der Waals surface area contributed by atoms with E-state index in [-0.39, 0.29) is 17.9 Å². The van der Waals surface area contributed by atoms with E-state index in [2.05, 4.69) is 64.7 Å². The molecule has 0 aromatic heterocycles. The van der Waals surface area contributed by atoms with Crippen LogP contribution < -0.4 is 26.6 Å². The van der Waals surface area contributed by atoms with Gasteiger partial charge in [0.2, 0.25) is 5.91 Å². The minimum atomic E-state index is -0.731. The summed E-state index contributed by atoms with van der Waals surface area (Å²) in [6.45, 7) is 2.09. The van der Waals surface area contributed by atoms with Crippen LogP contribution in [0, 0.1) is 0 Å². The highest BCUT2D eigenvalue weighted by molar-refractivity contribution is 6.17. The minimum absolute atomic E-state index is 0.0134. The topological polar surface area (TPSA) is 93.7 Å². The van der Waals surface area contributed by atoms with Crippen LogP contribution in [0.2, 0.25) is 0 Å². The summed E-state index contributed by atoms with van der Waals surface area (Å²) in [5.74, 6) is -0.714. The van der Waals surface area contributed by atoms with Gasteiger partial charge in [-0.15, -0.1) is 0 Å². The van der Waals surface area contributed by atoms with E-state index < -0.39 is 5.97 Å². The Hall–Kier alpha value is -4.36. The number of likely N-dealkylation sites (tertiary alicyclic amines) is 1. The molecule has 2 atom stereocenters. The average Bonchev–Trinajstić information content (AvgIpc) is 3.67. The minimum Gasteiger partial charge on any atom is -0.480 e. The molecule has 1 amide bonds. The Morgan fingerprint density at radius 1 is 1.00 bits per heavy atom. The number of benzene rings is 3. The van der Waals surface area contributed by atoms with Crippen molar-refractivity contribution in [3.8, 4) is 0 Å². The number of carboxylic acid groups (broad SMARTS) is 1. The molecule has 2 fully saturated rings. The van der Waals surface area contributed by atoms with E-state index in [1.807, 2.05) is 41.3 Å². The lowest BCUT2D eigenvalue weighted by Crippen LogP contribution is -2.35. The molecule has 3 aliphatic heterocycles. The van der Waals surface area contributed by atoms with Gasteiger partial charge in [0.15, 0.2) is 0 Å². The Bertz CT molecular complexity index is 1530. The summed E-state index contributed by atoms with van der Waals surface area (Å²) in [5, 5.41) is 14.4. The predicted octanol–water partition coefficient (Wildman–Crippen LogP) is 2.55. The van der Waals surface area contributed by atoms with Gasteiger partial charge < -0.3 is 21.3 Å². The molecular weight excluding hydrogens is 476 g/mol. The lowest BCUT2D eigenvalue weighted by atomic mass is 9.92. The van der Waals surface area contributed by atoms with Crippen molar-refractivity contribution in [1.82, 2.24) is 15.6 Å². The number of rotatable bonds is 6. The van der Waals surface area contributed by atoms with E-state index in [1.165, 1.54) is 0 Å². The number of hydrogen-bond donors (Lipinski definition) is 4. The van der Waals surface area contributed by atoms with Crippen LogP contribution in [0.15, 0.2) is 78.9 Å². The summed E-state index contributed by atoms with van der Waals surface area (Å²) >= 11 is 0. The molecule has 1 unspecified atom stereocenters. The highest BCUT2D eigenvalue weighted by Gasteiger charge is 2.31. The molecule has 3 heterocycles. The molecule has 7 heteroatoms. The average molecular weight is 507 g/mol. The van der Waals surface area contributed by atoms with Gasteiger partial charge in [0, 0.05) is 29.8 Å². The highest BCUT2D eigenvalue weighted by Crippen LogP contribution is 2.28. The summed E-state index contributed by atoms with van der Waals surface area (Å²) in [4.78, 5) is 26.2. The van der Waals surface area contributed by atoms with Crippen molar-refractivity contribution in [1.29, 1.82) is 0 Å². The number of carboxylic acids is 1. The Morgan fingerprint density at radius 3 is 2.61 bits per heavy atom. The first kappa shape index (κ1) is 24.0. The second-order valence-electron chi connectivity index (χ2n) is 10.1. The quantitative estimate of drug-likeness (QED) is 0.411. The van der Waals surface area contributed by atoms with Gasteiger partial charge in [-0.25, -0.2) is 0 Å². The summed E-state index contributed by atoms with van der Waals surface area (Å²) in [5.41, 5.74) is 12.5. The standard InChI is InChI=1S/C31H30N4O3/c36-30-29(25(18-32-30)22-5-2-1-3-6-22)23-13-14-24-26(33-34-27(24)17-23)15-12-20-8-10-21(11-9-20)19-35-16-4-7-28(35)31(37)38/h1-3,5-6,8-15,17,25,28,33-34H,4,7,16,18-19H2,(H,32,36)(H,37,38)/b15-12+,29-23+/t25?,28-/m0/s1. The lowest BCUT2D eigenvalue weighted by Gasteiger charge is -2.20. The summed E-state index contributed by atoms with van der Waals surface area (Å²) in [6, 6.07) is 24.1. The molecule has 0 saturated carbocycles. The zero-order chi connectivity index (χ0) is 26.1. The Morgan fingerprint density at radius 2 is 1.82 bits per heavy atom. The molecule has 3 aliphatic rings. The molecule has 2 saturated heterocycles. The summed E-state index contributed by atoms with van der Waals surface area (Å²) < 4.78 is 0. The van der Waals surface area contributed by atoms with Gasteiger partial charge in [-0.1, -0.05) is 72.8 Å².